The molecular formula is C27H31N5O4S. The zero-order valence-electron chi connectivity index (χ0n) is 21.6. The lowest BCUT2D eigenvalue weighted by atomic mass is 9.70. The molecule has 1 amide bonds. The molecule has 2 heterocycles. The summed E-state index contributed by atoms with van der Waals surface area (Å²) < 4.78 is 20.5. The number of fused-ring (bicyclic) bond motifs is 1. The van der Waals surface area contributed by atoms with E-state index >= 15 is 0 Å². The summed E-state index contributed by atoms with van der Waals surface area (Å²) in [6, 6.07) is 12.5. The first-order valence-corrected chi connectivity index (χ1v) is 13.2. The van der Waals surface area contributed by atoms with Crippen LogP contribution in [-0.2, 0) is 34.1 Å². The van der Waals surface area contributed by atoms with Crippen LogP contribution in [0.2, 0.25) is 0 Å². The van der Waals surface area contributed by atoms with E-state index in [0.717, 1.165) is 22.5 Å². The molecule has 4 rings (SSSR count). The molecular weight excluding hydrogens is 490 g/mol. The Labute approximate surface area is 219 Å². The fraction of sp³-hybridized carbons (Fsp3) is 0.370. The number of anilines is 2. The van der Waals surface area contributed by atoms with Crippen LogP contribution in [0.5, 0.6) is 0 Å². The minimum Gasteiger partial charge on any atom is -0.361 e. The number of rotatable bonds is 7. The topological polar surface area (TPSA) is 125 Å². The maximum Gasteiger partial charge on any atom is 0.229 e. The van der Waals surface area contributed by atoms with Gasteiger partial charge in [-0.15, -0.1) is 5.10 Å². The minimum atomic E-state index is -1.95. The molecule has 0 saturated heterocycles. The van der Waals surface area contributed by atoms with E-state index in [1.165, 1.54) is 0 Å². The Hall–Kier alpha value is -3.50. The Kier molecular flexibility index (Phi) is 7.52. The molecule has 10 heteroatoms. The summed E-state index contributed by atoms with van der Waals surface area (Å²) >= 11 is -1.95. The minimum absolute atomic E-state index is 0.0401. The summed E-state index contributed by atoms with van der Waals surface area (Å²) in [4.78, 5) is 32.8. The van der Waals surface area contributed by atoms with Crippen LogP contribution in [0.3, 0.4) is 0 Å². The number of aromatic nitrogens is 3. The van der Waals surface area contributed by atoms with Crippen molar-refractivity contribution in [2.75, 3.05) is 24.3 Å². The lowest BCUT2D eigenvalue weighted by Crippen LogP contribution is -2.39. The van der Waals surface area contributed by atoms with Crippen LogP contribution in [0.15, 0.2) is 42.5 Å². The second-order valence-corrected chi connectivity index (χ2v) is 11.1. The second-order valence-electron chi connectivity index (χ2n) is 9.86. The number of ketones is 1. The van der Waals surface area contributed by atoms with Gasteiger partial charge in [0, 0.05) is 19.7 Å². The number of carbonyl (C=O) groups excluding carboxylic acids is 2. The Morgan fingerprint density at radius 1 is 1.19 bits per heavy atom. The van der Waals surface area contributed by atoms with Crippen LogP contribution in [0, 0.1) is 6.92 Å². The first kappa shape index (κ1) is 26.6. The molecule has 1 aliphatic carbocycles. The molecule has 3 aromatic rings. The molecule has 3 unspecified atom stereocenters. The van der Waals surface area contributed by atoms with E-state index in [1.807, 2.05) is 45.0 Å². The van der Waals surface area contributed by atoms with E-state index in [9.17, 15) is 18.4 Å². The number of pyridine rings is 1. The number of carbonyl (C=O) groups is 2. The van der Waals surface area contributed by atoms with Gasteiger partial charge in [-0.05, 0) is 68.5 Å². The Bertz CT molecular complexity index is 1360. The molecule has 3 atom stereocenters. The third-order valence-corrected chi connectivity index (χ3v) is 7.82. The average Bonchev–Trinajstić information content (AvgIpc) is 2.86. The van der Waals surface area contributed by atoms with Crippen molar-refractivity contribution < 1.29 is 18.4 Å². The molecule has 9 nitrogen and oxygen atoms in total. The number of aryl methyl sites for hydroxylation is 2. The van der Waals surface area contributed by atoms with E-state index in [-0.39, 0.29) is 18.1 Å². The van der Waals surface area contributed by atoms with Crippen molar-refractivity contribution in [3.63, 3.8) is 0 Å². The van der Waals surface area contributed by atoms with Crippen molar-refractivity contribution in [2.45, 2.75) is 50.7 Å². The van der Waals surface area contributed by atoms with Crippen molar-refractivity contribution in [1.29, 1.82) is 0 Å². The molecule has 0 bridgehead atoms. The van der Waals surface area contributed by atoms with E-state index in [1.54, 1.807) is 37.3 Å². The van der Waals surface area contributed by atoms with Crippen molar-refractivity contribution in [2.24, 2.45) is 0 Å². The lowest BCUT2D eigenvalue weighted by Gasteiger charge is -2.33. The smallest absolute Gasteiger partial charge is 0.229 e. The van der Waals surface area contributed by atoms with Crippen LogP contribution < -0.4 is 10.2 Å². The standard InChI is InChI=1S/C27H31N5O4S/c1-16-14-22(29-24(33)15-18-6-8-19(9-7-18)17(2)37(35)36)28-20-12-13-27(3,26(34)25(16)20)21-10-11-23(31-30-21)32(4)5/h6-11,14,17H,12-13,15H2,1-5H3,(H,35,36)(H,28,29,33). The Morgan fingerprint density at radius 3 is 2.49 bits per heavy atom. The van der Waals surface area contributed by atoms with Gasteiger partial charge in [-0.25, -0.2) is 9.19 Å². The summed E-state index contributed by atoms with van der Waals surface area (Å²) in [6.45, 7) is 5.42. The maximum atomic E-state index is 13.6. The fourth-order valence-electron chi connectivity index (χ4n) is 4.55. The Morgan fingerprint density at radius 2 is 1.89 bits per heavy atom. The van der Waals surface area contributed by atoms with Gasteiger partial charge in [-0.2, -0.15) is 5.10 Å². The van der Waals surface area contributed by atoms with Crippen LogP contribution in [0.25, 0.3) is 0 Å². The molecule has 194 valence electrons. The van der Waals surface area contributed by atoms with Crippen LogP contribution in [0.1, 0.15) is 64.0 Å². The quantitative estimate of drug-likeness (QED) is 0.450. The number of amides is 1. The van der Waals surface area contributed by atoms with Crippen molar-refractivity contribution in [3.05, 3.63) is 76.1 Å². The van der Waals surface area contributed by atoms with Crippen molar-refractivity contribution >= 4 is 34.4 Å². The first-order valence-electron chi connectivity index (χ1n) is 12.0. The largest absolute Gasteiger partial charge is 0.361 e. The van der Waals surface area contributed by atoms with Gasteiger partial charge in [-0.1, -0.05) is 24.3 Å². The van der Waals surface area contributed by atoms with Gasteiger partial charge in [0.15, 0.2) is 22.7 Å². The third kappa shape index (κ3) is 5.45. The Balaban J connectivity index is 1.49. The normalized spacial score (nSPS) is 18.6. The highest BCUT2D eigenvalue weighted by atomic mass is 32.2. The predicted octanol–water partition coefficient (Wildman–Crippen LogP) is 3.80. The molecule has 0 saturated carbocycles. The molecule has 1 aliphatic rings. The molecule has 0 spiro atoms. The van der Waals surface area contributed by atoms with E-state index < -0.39 is 21.7 Å². The molecule has 0 radical (unpaired) electrons. The number of benzene rings is 1. The summed E-state index contributed by atoms with van der Waals surface area (Å²) in [7, 11) is 3.77. The zero-order valence-corrected chi connectivity index (χ0v) is 22.4. The van der Waals surface area contributed by atoms with Gasteiger partial charge in [-0.3, -0.25) is 9.59 Å². The average molecular weight is 522 g/mol. The monoisotopic (exact) mass is 521 g/mol. The first-order chi connectivity index (χ1) is 17.5. The number of hydrogen-bond donors (Lipinski definition) is 2. The highest BCUT2D eigenvalue weighted by Gasteiger charge is 2.43. The molecule has 2 aromatic heterocycles. The lowest BCUT2D eigenvalue weighted by molar-refractivity contribution is -0.115. The number of hydrogen-bond acceptors (Lipinski definition) is 7. The van der Waals surface area contributed by atoms with E-state index in [4.69, 9.17) is 0 Å². The van der Waals surface area contributed by atoms with E-state index in [0.29, 0.717) is 35.6 Å². The third-order valence-electron chi connectivity index (χ3n) is 6.94. The molecule has 0 aliphatic heterocycles. The van der Waals surface area contributed by atoms with Crippen LogP contribution >= 0.6 is 0 Å². The SMILES string of the molecule is Cc1cc(NC(=O)Cc2ccc(C(C)S(=O)O)cc2)nc2c1C(=O)C(C)(c1ccc(N(C)C)nn1)CC2. The van der Waals surface area contributed by atoms with Crippen molar-refractivity contribution in [1.82, 2.24) is 15.2 Å². The summed E-state index contributed by atoms with van der Waals surface area (Å²) in [5, 5.41) is 10.9. The fourth-order valence-corrected chi connectivity index (χ4v) is 4.94. The van der Waals surface area contributed by atoms with Gasteiger partial charge in [0.2, 0.25) is 5.91 Å². The van der Waals surface area contributed by atoms with Crippen LogP contribution in [-0.4, -0.2) is 49.7 Å². The number of nitrogens with zero attached hydrogens (tertiary/aromatic N) is 4. The highest BCUT2D eigenvalue weighted by molar-refractivity contribution is 7.79. The predicted molar refractivity (Wildman–Crippen MR) is 143 cm³/mol. The maximum absolute atomic E-state index is 13.6. The van der Waals surface area contributed by atoms with Gasteiger partial charge < -0.3 is 14.8 Å². The van der Waals surface area contributed by atoms with Gasteiger partial charge in [0.25, 0.3) is 0 Å². The van der Waals surface area contributed by atoms with Gasteiger partial charge in [0.05, 0.1) is 28.5 Å². The summed E-state index contributed by atoms with van der Waals surface area (Å²) in [5.41, 5.74) is 3.35. The molecule has 37 heavy (non-hydrogen) atoms. The van der Waals surface area contributed by atoms with Crippen LogP contribution in [0.4, 0.5) is 11.6 Å². The van der Waals surface area contributed by atoms with Crippen molar-refractivity contribution in [3.8, 4) is 0 Å². The summed E-state index contributed by atoms with van der Waals surface area (Å²) in [6.07, 6.45) is 1.25. The van der Waals surface area contributed by atoms with Gasteiger partial charge >= 0.3 is 0 Å². The molecule has 1 aromatic carbocycles. The summed E-state index contributed by atoms with van der Waals surface area (Å²) in [5.74, 6) is 0.860. The van der Waals surface area contributed by atoms with Gasteiger partial charge in [0.1, 0.15) is 5.82 Å². The number of nitrogens with one attached hydrogen (secondary N) is 1. The zero-order chi connectivity index (χ0) is 26.9. The van der Waals surface area contributed by atoms with E-state index in [2.05, 4.69) is 20.5 Å². The number of Topliss-reactive ketones (excluding diaryl/α,β-unsaturated/α-hetero) is 1. The highest BCUT2D eigenvalue weighted by Crippen LogP contribution is 2.38. The molecule has 0 fully saturated rings. The molecule has 2 N–H and O–H groups in total. The second kappa shape index (κ2) is 10.5.